The number of aryl methyl sites for hydroxylation is 2. The predicted molar refractivity (Wildman–Crippen MR) is 154 cm³/mol. The van der Waals surface area contributed by atoms with E-state index in [1.165, 1.54) is 49.7 Å². The summed E-state index contributed by atoms with van der Waals surface area (Å²) in [5.41, 5.74) is 1.85. The van der Waals surface area contributed by atoms with Crippen molar-refractivity contribution in [3.05, 3.63) is 75.6 Å². The Kier molecular flexibility index (Phi) is 10.7. The van der Waals surface area contributed by atoms with Gasteiger partial charge in [0.05, 0.1) is 24.3 Å². The van der Waals surface area contributed by atoms with Crippen LogP contribution in [-0.2, 0) is 31.8 Å². The van der Waals surface area contributed by atoms with Crippen molar-refractivity contribution in [3.8, 4) is 6.57 Å². The Morgan fingerprint density at radius 3 is 1.82 bits per heavy atom. The van der Waals surface area contributed by atoms with Crippen LogP contribution in [0.4, 0.5) is 0 Å². The van der Waals surface area contributed by atoms with Crippen LogP contribution in [-0.4, -0.2) is 49.2 Å². The monoisotopic (exact) mass is 548 g/mol. The highest BCUT2D eigenvalue weighted by Gasteiger charge is 2.72. The molecule has 7 heteroatoms. The fraction of sp³-hybridized carbons (Fsp3) is 0.545. The number of rotatable bonds is 14. The van der Waals surface area contributed by atoms with E-state index in [1.807, 2.05) is 24.3 Å². The van der Waals surface area contributed by atoms with Gasteiger partial charge < -0.3 is 14.2 Å². The van der Waals surface area contributed by atoms with Gasteiger partial charge in [0, 0.05) is 0 Å². The molecule has 0 radical (unpaired) electrons. The lowest BCUT2D eigenvalue weighted by Gasteiger charge is -2.18. The molecule has 214 valence electrons. The second kappa shape index (κ2) is 14.4. The summed E-state index contributed by atoms with van der Waals surface area (Å²) in [5, 5.41) is 0. The normalized spacial score (nSPS) is 23.4. The van der Waals surface area contributed by atoms with Gasteiger partial charge in [0.15, 0.2) is 6.10 Å². The van der Waals surface area contributed by atoms with Crippen molar-refractivity contribution in [1.29, 1.82) is 0 Å². The molecule has 0 spiro atoms. The van der Waals surface area contributed by atoms with Crippen LogP contribution in [0.25, 0.3) is 4.85 Å². The molecule has 0 saturated carbocycles. The second-order valence-corrected chi connectivity index (χ2v) is 10.8. The lowest BCUT2D eigenvalue weighted by atomic mass is 10.0. The molecule has 7 nitrogen and oxygen atoms in total. The fourth-order valence-electron chi connectivity index (χ4n) is 5.40. The summed E-state index contributed by atoms with van der Waals surface area (Å²) in [6, 6.07) is 15.0. The summed E-state index contributed by atoms with van der Waals surface area (Å²) in [4.78, 5) is 29.7. The van der Waals surface area contributed by atoms with Crippen LogP contribution < -0.4 is 0 Å². The molecule has 0 aromatic heterocycles. The Bertz CT molecular complexity index is 1150. The van der Waals surface area contributed by atoms with Gasteiger partial charge in [0.1, 0.15) is 0 Å². The third-order valence-corrected chi connectivity index (χ3v) is 7.84. The first kappa shape index (κ1) is 29.8. The summed E-state index contributed by atoms with van der Waals surface area (Å²) in [5.74, 6) is -0.980. The number of carbonyl (C=O) groups is 2. The highest BCUT2D eigenvalue weighted by molar-refractivity contribution is 5.90. The lowest BCUT2D eigenvalue weighted by molar-refractivity contribution is -0.0560. The molecule has 0 aliphatic carbocycles. The molecule has 2 aromatic rings. The molecular formula is C33H42NO6+. The van der Waals surface area contributed by atoms with Crippen molar-refractivity contribution in [3.63, 3.8) is 0 Å². The fourth-order valence-corrected chi connectivity index (χ4v) is 5.40. The van der Waals surface area contributed by atoms with E-state index < -0.39 is 36.0 Å². The Hall–Kier alpha value is -3.21. The molecule has 0 bridgehead atoms. The van der Waals surface area contributed by atoms with Gasteiger partial charge in [-0.25, -0.2) is 9.59 Å². The molecule has 2 aliphatic heterocycles. The maximum absolute atomic E-state index is 12.9. The number of esters is 2. The Balaban J connectivity index is 1.31. The van der Waals surface area contributed by atoms with Gasteiger partial charge in [-0.3, -0.25) is 4.74 Å². The zero-order valence-electron chi connectivity index (χ0n) is 23.8. The molecule has 0 amide bonds. The molecule has 2 saturated heterocycles. The van der Waals surface area contributed by atoms with Crippen LogP contribution in [0.2, 0.25) is 0 Å². The maximum Gasteiger partial charge on any atom is 0.453 e. The Morgan fingerprint density at radius 1 is 0.800 bits per heavy atom. The van der Waals surface area contributed by atoms with E-state index in [2.05, 4.69) is 18.7 Å². The summed E-state index contributed by atoms with van der Waals surface area (Å²) in [6.07, 6.45) is 9.16. The van der Waals surface area contributed by atoms with Crippen molar-refractivity contribution >= 4 is 11.9 Å². The average molecular weight is 549 g/mol. The number of ether oxygens (including phenoxy) is 4. The van der Waals surface area contributed by atoms with Crippen molar-refractivity contribution in [2.24, 2.45) is 0 Å². The number of nitrogens with zero attached hydrogens (tertiary/aromatic N) is 1. The first-order valence-electron chi connectivity index (χ1n) is 14.8. The molecule has 4 rings (SSSR count). The topological polar surface area (TPSA) is 75.4 Å². The number of carbonyl (C=O) groups excluding carboxylic acids is 2. The largest absolute Gasteiger partial charge is 0.453 e. The Morgan fingerprint density at radius 2 is 1.32 bits per heavy atom. The van der Waals surface area contributed by atoms with Gasteiger partial charge in [-0.1, -0.05) is 76.6 Å². The molecule has 0 unspecified atom stereocenters. The molecule has 4 atom stereocenters. The summed E-state index contributed by atoms with van der Waals surface area (Å²) < 4.78 is 23.3. The van der Waals surface area contributed by atoms with Gasteiger partial charge >= 0.3 is 17.7 Å². The van der Waals surface area contributed by atoms with Crippen LogP contribution in [0.3, 0.4) is 0 Å². The van der Waals surface area contributed by atoms with Gasteiger partial charge in [0.2, 0.25) is 12.2 Å². The lowest BCUT2D eigenvalue weighted by Crippen LogP contribution is -2.46. The number of unbranched alkanes of at least 4 members (excludes halogenated alkanes) is 6. The van der Waals surface area contributed by atoms with Crippen LogP contribution in [0.1, 0.15) is 97.1 Å². The first-order valence-corrected chi connectivity index (χ1v) is 14.8. The highest BCUT2D eigenvalue weighted by Crippen LogP contribution is 2.42. The summed E-state index contributed by atoms with van der Waals surface area (Å²) in [7, 11) is 0. The van der Waals surface area contributed by atoms with Gasteiger partial charge in [-0.15, -0.1) is 0 Å². The van der Waals surface area contributed by atoms with E-state index in [4.69, 9.17) is 25.5 Å². The standard InChI is InChI=1S/C33H42NO6/c1-4-6-8-10-12-24-14-18-26(19-15-24)31(35)39-28-22-38-33(34-3)29(23-37-30(28)33)40-32(36)27-20-16-25(17-21-27)13-11-9-7-5-2/h3,14-21,28-30H,4-13,22-23H2,1-2H3/q+1/t28-,29+,30-,33-/m1/s1. The zero-order chi connectivity index (χ0) is 28.4. The van der Waals surface area contributed by atoms with Crippen molar-refractivity contribution < 1.29 is 28.5 Å². The van der Waals surface area contributed by atoms with Crippen LogP contribution in [0.15, 0.2) is 48.5 Å². The summed E-state index contributed by atoms with van der Waals surface area (Å²) >= 11 is 0. The molecule has 2 fully saturated rings. The molecule has 2 heterocycles. The van der Waals surface area contributed by atoms with Gasteiger partial charge in [-0.05, 0) is 65.9 Å². The molecular weight excluding hydrogens is 506 g/mol. The second-order valence-electron chi connectivity index (χ2n) is 10.8. The average Bonchev–Trinajstić information content (AvgIpc) is 3.52. The van der Waals surface area contributed by atoms with E-state index in [0.29, 0.717) is 11.1 Å². The van der Waals surface area contributed by atoms with Crippen LogP contribution in [0, 0.1) is 6.57 Å². The minimum Gasteiger partial charge on any atom is -0.453 e. The third kappa shape index (κ3) is 7.10. The SMILES string of the molecule is C#[N+][C@]12OC[C@@H](OC(=O)c3ccc(CCCCCC)cc3)[C@H]1OC[C@@H]2OC(=O)c1ccc(CCCCCC)cc1. The summed E-state index contributed by atoms with van der Waals surface area (Å²) in [6.45, 7) is 10.2. The van der Waals surface area contributed by atoms with Crippen LogP contribution in [0.5, 0.6) is 0 Å². The molecule has 2 aromatic carbocycles. The maximum atomic E-state index is 12.9. The Labute approximate surface area is 238 Å². The number of fused-ring (bicyclic) bond motifs is 1. The minimum absolute atomic E-state index is 0.0351. The molecule has 0 N–H and O–H groups in total. The van der Waals surface area contributed by atoms with E-state index in [9.17, 15) is 9.59 Å². The van der Waals surface area contributed by atoms with Gasteiger partial charge in [-0.2, -0.15) is 0 Å². The number of benzene rings is 2. The van der Waals surface area contributed by atoms with E-state index in [0.717, 1.165) is 25.7 Å². The predicted octanol–water partition coefficient (Wildman–Crippen LogP) is 6.77. The zero-order valence-corrected chi connectivity index (χ0v) is 23.8. The van der Waals surface area contributed by atoms with Crippen LogP contribution >= 0.6 is 0 Å². The quantitative estimate of drug-likeness (QED) is 0.192. The number of hydrogen-bond donors (Lipinski definition) is 0. The van der Waals surface area contributed by atoms with Crippen molar-refractivity contribution in [2.75, 3.05) is 13.2 Å². The van der Waals surface area contributed by atoms with Gasteiger partial charge in [0.25, 0.3) is 6.57 Å². The van der Waals surface area contributed by atoms with Crippen molar-refractivity contribution in [2.45, 2.75) is 102 Å². The van der Waals surface area contributed by atoms with E-state index >= 15 is 0 Å². The van der Waals surface area contributed by atoms with Crippen molar-refractivity contribution in [1.82, 2.24) is 0 Å². The first-order chi connectivity index (χ1) is 19.5. The number of hydrogen-bond acceptors (Lipinski definition) is 6. The highest BCUT2D eigenvalue weighted by atomic mass is 16.7. The van der Waals surface area contributed by atoms with E-state index in [1.54, 1.807) is 24.3 Å². The third-order valence-electron chi connectivity index (χ3n) is 7.84. The smallest absolute Gasteiger partial charge is 0.453 e. The molecule has 40 heavy (non-hydrogen) atoms. The minimum atomic E-state index is -1.43. The molecule has 2 aliphatic rings. The van der Waals surface area contributed by atoms with E-state index in [-0.39, 0.29) is 13.2 Å².